The Bertz CT molecular complexity index is 1590. The number of hydrogen-bond donors (Lipinski definition) is 1. The minimum absolute atomic E-state index is 0.0837. The minimum Gasteiger partial charge on any atom is -0.354 e. The fourth-order valence-corrected chi connectivity index (χ4v) is 6.52. The molecule has 0 bridgehead atoms. The Kier molecular flexibility index (Phi) is 7.45. The number of carbonyl (C=O) groups excluding carboxylic acids is 2. The van der Waals surface area contributed by atoms with Gasteiger partial charge in [0.05, 0.1) is 21.2 Å². The molecule has 1 aromatic carbocycles. The zero-order chi connectivity index (χ0) is 30.5. The van der Waals surface area contributed by atoms with Crippen molar-refractivity contribution in [2.24, 2.45) is 5.92 Å². The Hall–Kier alpha value is -4.26. The molecule has 224 valence electrons. The SMILES string of the molecule is O=C(NC1CCC(CN2C(=O)C3(CN(c4ccc([N+](=O)[O-])cn4)C3)c3ccc(F)cc32)CC1)c1cc(Cl)cnc1C(F)F. The summed E-state index contributed by atoms with van der Waals surface area (Å²) < 4.78 is 41.1. The molecule has 2 amide bonds. The van der Waals surface area contributed by atoms with Crippen LogP contribution in [0, 0.1) is 21.8 Å². The number of nitro groups is 1. The summed E-state index contributed by atoms with van der Waals surface area (Å²) in [5.74, 6) is -0.644. The number of benzene rings is 1. The van der Waals surface area contributed by atoms with Gasteiger partial charge in [0.15, 0.2) is 0 Å². The van der Waals surface area contributed by atoms with Crippen molar-refractivity contribution in [3.63, 3.8) is 0 Å². The van der Waals surface area contributed by atoms with Crippen LogP contribution < -0.4 is 15.1 Å². The van der Waals surface area contributed by atoms with Gasteiger partial charge < -0.3 is 15.1 Å². The third-order valence-corrected chi connectivity index (χ3v) is 8.78. The third-order valence-electron chi connectivity index (χ3n) is 8.57. The maximum absolute atomic E-state index is 14.4. The Balaban J connectivity index is 1.11. The number of halogens is 4. The first-order valence-electron chi connectivity index (χ1n) is 13.8. The third kappa shape index (κ3) is 5.26. The smallest absolute Gasteiger partial charge is 0.287 e. The van der Waals surface area contributed by atoms with Gasteiger partial charge in [0.25, 0.3) is 18.0 Å². The van der Waals surface area contributed by atoms with Crippen molar-refractivity contribution >= 4 is 40.6 Å². The van der Waals surface area contributed by atoms with E-state index in [4.69, 9.17) is 11.6 Å². The molecule has 0 atom stereocenters. The summed E-state index contributed by atoms with van der Waals surface area (Å²) in [6.07, 6.45) is 1.83. The normalized spacial score (nSPS) is 20.7. The number of aromatic nitrogens is 2. The van der Waals surface area contributed by atoms with Crippen molar-refractivity contribution in [1.29, 1.82) is 0 Å². The summed E-state index contributed by atoms with van der Waals surface area (Å²) in [6.45, 7) is 0.994. The summed E-state index contributed by atoms with van der Waals surface area (Å²) in [5.41, 5.74) is -0.605. The fraction of sp³-hybridized carbons (Fsp3) is 0.379. The molecule has 43 heavy (non-hydrogen) atoms. The van der Waals surface area contributed by atoms with E-state index < -0.39 is 34.2 Å². The largest absolute Gasteiger partial charge is 0.354 e. The van der Waals surface area contributed by atoms with Crippen LogP contribution in [0.3, 0.4) is 0 Å². The van der Waals surface area contributed by atoms with Crippen molar-refractivity contribution < 1.29 is 27.7 Å². The highest BCUT2D eigenvalue weighted by Crippen LogP contribution is 2.49. The Morgan fingerprint density at radius 3 is 2.51 bits per heavy atom. The minimum atomic E-state index is -2.92. The van der Waals surface area contributed by atoms with Crippen molar-refractivity contribution in [3.05, 3.63) is 86.6 Å². The fourth-order valence-electron chi connectivity index (χ4n) is 6.36. The monoisotopic (exact) mass is 614 g/mol. The number of amides is 2. The molecular formula is C29H26ClF3N6O4. The Morgan fingerprint density at radius 2 is 1.86 bits per heavy atom. The Morgan fingerprint density at radius 1 is 1.12 bits per heavy atom. The second-order valence-electron chi connectivity index (χ2n) is 11.2. The van der Waals surface area contributed by atoms with Crippen LogP contribution in [-0.4, -0.2) is 52.4 Å². The van der Waals surface area contributed by atoms with Gasteiger partial charge in [0.2, 0.25) is 5.91 Å². The molecule has 1 N–H and O–H groups in total. The quantitative estimate of drug-likeness (QED) is 0.286. The van der Waals surface area contributed by atoms with Crippen LogP contribution in [-0.2, 0) is 10.2 Å². The second-order valence-corrected chi connectivity index (χ2v) is 11.7. The Labute approximate surface area is 249 Å². The number of nitrogens with zero attached hydrogens (tertiary/aromatic N) is 5. The van der Waals surface area contributed by atoms with E-state index in [-0.39, 0.29) is 34.1 Å². The summed E-state index contributed by atoms with van der Waals surface area (Å²) in [4.78, 5) is 48.4. The molecule has 2 fully saturated rings. The van der Waals surface area contributed by atoms with Crippen LogP contribution in [0.15, 0.2) is 48.8 Å². The van der Waals surface area contributed by atoms with E-state index in [0.717, 1.165) is 11.8 Å². The lowest BCUT2D eigenvalue weighted by atomic mass is 9.74. The lowest BCUT2D eigenvalue weighted by Crippen LogP contribution is -2.64. The van der Waals surface area contributed by atoms with Crippen LogP contribution in [0.4, 0.5) is 30.4 Å². The van der Waals surface area contributed by atoms with Gasteiger partial charge >= 0.3 is 0 Å². The summed E-state index contributed by atoms with van der Waals surface area (Å²) in [7, 11) is 0. The van der Waals surface area contributed by atoms with E-state index >= 15 is 0 Å². The highest BCUT2D eigenvalue weighted by atomic mass is 35.5. The number of nitrogens with one attached hydrogen (secondary N) is 1. The molecule has 0 unspecified atom stereocenters. The first-order valence-corrected chi connectivity index (χ1v) is 14.2. The number of rotatable bonds is 7. The van der Waals surface area contributed by atoms with Gasteiger partial charge in [-0.1, -0.05) is 17.7 Å². The van der Waals surface area contributed by atoms with Crippen molar-refractivity contribution in [3.8, 4) is 0 Å². The number of carbonyl (C=O) groups is 2. The standard InChI is InChI=1S/C29H26ClF3N6O4/c30-17-9-21(25(26(32)33)35-11-17)27(40)36-19-4-1-16(2-5-19)13-38-23-10-18(31)3-7-22(23)29(28(38)41)14-37(15-29)24-8-6-20(12-34-24)39(42)43/h3,6-12,16,19,26H,1-2,4-5,13-15H2,(H,36,40). The van der Waals surface area contributed by atoms with Gasteiger partial charge in [-0.2, -0.15) is 0 Å². The molecule has 14 heteroatoms. The molecule has 1 spiro atoms. The number of hydrogen-bond acceptors (Lipinski definition) is 7. The molecule has 6 rings (SSSR count). The molecule has 3 aliphatic rings. The molecule has 10 nitrogen and oxygen atoms in total. The molecule has 1 saturated carbocycles. The molecular weight excluding hydrogens is 589 g/mol. The molecule has 3 aromatic rings. The maximum Gasteiger partial charge on any atom is 0.287 e. The van der Waals surface area contributed by atoms with E-state index in [1.165, 1.54) is 30.5 Å². The van der Waals surface area contributed by atoms with E-state index in [1.54, 1.807) is 17.0 Å². The highest BCUT2D eigenvalue weighted by Gasteiger charge is 2.58. The maximum atomic E-state index is 14.4. The van der Waals surface area contributed by atoms with Gasteiger partial charge in [-0.25, -0.2) is 18.2 Å². The number of anilines is 2. The van der Waals surface area contributed by atoms with Gasteiger partial charge in [-0.05, 0) is 61.4 Å². The molecule has 1 aliphatic carbocycles. The van der Waals surface area contributed by atoms with Crippen molar-refractivity contribution in [2.75, 3.05) is 29.4 Å². The lowest BCUT2D eigenvalue weighted by molar-refractivity contribution is -0.385. The predicted molar refractivity (Wildman–Crippen MR) is 151 cm³/mol. The van der Waals surface area contributed by atoms with Crippen LogP contribution in [0.1, 0.15) is 53.7 Å². The predicted octanol–water partition coefficient (Wildman–Crippen LogP) is 5.21. The summed E-state index contributed by atoms with van der Waals surface area (Å²) in [6, 6.07) is 8.21. The van der Waals surface area contributed by atoms with E-state index in [2.05, 4.69) is 15.3 Å². The average molecular weight is 615 g/mol. The molecule has 2 aliphatic heterocycles. The molecule has 4 heterocycles. The molecule has 2 aromatic heterocycles. The summed E-state index contributed by atoms with van der Waals surface area (Å²) >= 11 is 5.88. The number of pyridine rings is 2. The lowest BCUT2D eigenvalue weighted by Gasteiger charge is -2.47. The van der Waals surface area contributed by atoms with Gasteiger partial charge in [0.1, 0.15) is 28.9 Å². The van der Waals surface area contributed by atoms with Crippen LogP contribution in [0.25, 0.3) is 0 Å². The summed E-state index contributed by atoms with van der Waals surface area (Å²) in [5, 5.41) is 13.9. The van der Waals surface area contributed by atoms with E-state index in [9.17, 15) is 32.9 Å². The van der Waals surface area contributed by atoms with Gasteiger partial charge in [-0.3, -0.25) is 24.7 Å². The topological polar surface area (TPSA) is 122 Å². The van der Waals surface area contributed by atoms with Crippen LogP contribution in [0.2, 0.25) is 5.02 Å². The van der Waals surface area contributed by atoms with Crippen molar-refractivity contribution in [1.82, 2.24) is 15.3 Å². The van der Waals surface area contributed by atoms with E-state index in [1.807, 2.05) is 4.90 Å². The van der Waals surface area contributed by atoms with Crippen molar-refractivity contribution in [2.45, 2.75) is 43.6 Å². The zero-order valence-electron chi connectivity index (χ0n) is 22.7. The van der Waals surface area contributed by atoms with Gasteiger partial charge in [-0.15, -0.1) is 0 Å². The average Bonchev–Trinajstić information content (AvgIpc) is 3.19. The van der Waals surface area contributed by atoms with Crippen LogP contribution in [0.5, 0.6) is 0 Å². The first kappa shape index (κ1) is 28.8. The zero-order valence-corrected chi connectivity index (χ0v) is 23.4. The number of fused-ring (bicyclic) bond motifs is 2. The molecule has 0 radical (unpaired) electrons. The molecule has 1 saturated heterocycles. The number of alkyl halides is 2. The van der Waals surface area contributed by atoms with Gasteiger partial charge in [0, 0.05) is 37.9 Å². The first-order chi connectivity index (χ1) is 20.6. The highest BCUT2D eigenvalue weighted by molar-refractivity contribution is 6.30. The second kappa shape index (κ2) is 11.1. The van der Waals surface area contributed by atoms with E-state index in [0.29, 0.717) is 56.8 Å². The van der Waals surface area contributed by atoms with Crippen LogP contribution >= 0.6 is 11.6 Å².